The summed E-state index contributed by atoms with van der Waals surface area (Å²) in [5.74, 6) is -0.416. The van der Waals surface area contributed by atoms with E-state index in [1.165, 1.54) is 0 Å². The van der Waals surface area contributed by atoms with Crippen LogP contribution in [-0.2, 0) is 24.1 Å². The third-order valence-corrected chi connectivity index (χ3v) is 3.07. The summed E-state index contributed by atoms with van der Waals surface area (Å²) in [4.78, 5) is 32.7. The summed E-state index contributed by atoms with van der Waals surface area (Å²) >= 11 is 0. The Kier molecular flexibility index (Phi) is 10.9. The van der Waals surface area contributed by atoms with Crippen LogP contribution in [0.2, 0.25) is 0 Å². The lowest BCUT2D eigenvalue weighted by Crippen LogP contribution is -2.23. The number of ether oxygens (including phenoxy) is 1. The van der Waals surface area contributed by atoms with Gasteiger partial charge < -0.3 is 4.74 Å². The minimum absolute atomic E-state index is 0.113. The van der Waals surface area contributed by atoms with Gasteiger partial charge in [-0.1, -0.05) is 32.1 Å². The average Bonchev–Trinajstić information content (AvgIpc) is 2.40. The maximum atomic E-state index is 11.5. The summed E-state index contributed by atoms with van der Waals surface area (Å²) in [6.45, 7) is 11.2. The lowest BCUT2D eigenvalue weighted by molar-refractivity contribution is -0.320. The summed E-state index contributed by atoms with van der Waals surface area (Å²) in [6, 6.07) is 0. The Morgan fingerprint density at radius 1 is 0.625 bits per heavy atom. The van der Waals surface area contributed by atoms with Crippen LogP contribution in [0, 0.1) is 0 Å². The van der Waals surface area contributed by atoms with Gasteiger partial charge >= 0.3 is 11.9 Å². The van der Waals surface area contributed by atoms with Crippen molar-refractivity contribution in [2.24, 2.45) is 0 Å². The van der Waals surface area contributed by atoms with E-state index in [2.05, 4.69) is 0 Å². The van der Waals surface area contributed by atoms with Gasteiger partial charge in [0.1, 0.15) is 11.2 Å². The van der Waals surface area contributed by atoms with Gasteiger partial charge in [0.2, 0.25) is 0 Å². The largest absolute Gasteiger partial charge is 0.460 e. The van der Waals surface area contributed by atoms with E-state index >= 15 is 0 Å². The van der Waals surface area contributed by atoms with Crippen LogP contribution in [0.1, 0.15) is 99.3 Å². The molecule has 5 heteroatoms. The molecule has 24 heavy (non-hydrogen) atoms. The molecule has 0 aromatic carbocycles. The molecule has 5 nitrogen and oxygen atoms in total. The number of rotatable bonds is 11. The fourth-order valence-electron chi connectivity index (χ4n) is 2.03. The summed E-state index contributed by atoms with van der Waals surface area (Å²) in [7, 11) is 0. The summed E-state index contributed by atoms with van der Waals surface area (Å²) < 4.78 is 5.27. The zero-order valence-corrected chi connectivity index (χ0v) is 16.4. The molecule has 0 aromatic rings. The Labute approximate surface area is 147 Å². The van der Waals surface area contributed by atoms with Gasteiger partial charge in [-0.3, -0.25) is 9.68 Å². The van der Waals surface area contributed by atoms with Gasteiger partial charge in [0.25, 0.3) is 0 Å². The van der Waals surface area contributed by atoms with Crippen molar-refractivity contribution >= 4 is 11.9 Å². The molecule has 0 saturated heterocycles. The van der Waals surface area contributed by atoms with Crippen LogP contribution in [0.5, 0.6) is 0 Å². The molecule has 0 bridgehead atoms. The number of hydrogen-bond donors (Lipinski definition) is 0. The van der Waals surface area contributed by atoms with E-state index in [0.717, 1.165) is 44.9 Å². The molecule has 0 fully saturated rings. The highest BCUT2D eigenvalue weighted by molar-refractivity contribution is 5.69. The molecule has 0 atom stereocenters. The lowest BCUT2D eigenvalue weighted by Gasteiger charge is -2.19. The van der Waals surface area contributed by atoms with Crippen molar-refractivity contribution in [2.45, 2.75) is 111 Å². The Hall–Kier alpha value is -1.10. The minimum Gasteiger partial charge on any atom is -0.460 e. The van der Waals surface area contributed by atoms with Gasteiger partial charge in [0.15, 0.2) is 0 Å². The topological polar surface area (TPSA) is 61.8 Å². The second-order valence-electron chi connectivity index (χ2n) is 8.21. The monoisotopic (exact) mass is 344 g/mol. The van der Waals surface area contributed by atoms with Crippen LogP contribution in [-0.4, -0.2) is 23.1 Å². The molecule has 0 aromatic heterocycles. The molecular formula is C19H36O5. The standard InChI is InChI=1S/C19H36O5/c1-18(2,3)22-16(20)14-12-10-8-7-9-11-13-15-17(21)23-24-19(4,5)6/h7-15H2,1-6H3. The molecule has 0 aliphatic rings. The second kappa shape index (κ2) is 11.5. The SMILES string of the molecule is CC(C)(C)OOC(=O)CCCCCCCCCC(=O)OC(C)(C)C. The van der Waals surface area contributed by atoms with E-state index in [9.17, 15) is 9.59 Å². The van der Waals surface area contributed by atoms with Crippen molar-refractivity contribution < 1.29 is 24.1 Å². The van der Waals surface area contributed by atoms with Crippen LogP contribution in [0.25, 0.3) is 0 Å². The molecule has 0 aliphatic heterocycles. The zero-order valence-electron chi connectivity index (χ0n) is 16.4. The van der Waals surface area contributed by atoms with E-state index in [-0.39, 0.29) is 11.9 Å². The molecule has 0 rings (SSSR count). The number of hydrogen-bond acceptors (Lipinski definition) is 5. The Morgan fingerprint density at radius 2 is 1.04 bits per heavy atom. The maximum absolute atomic E-state index is 11.5. The predicted molar refractivity (Wildman–Crippen MR) is 94.3 cm³/mol. The van der Waals surface area contributed by atoms with Crippen molar-refractivity contribution in [3.05, 3.63) is 0 Å². The highest BCUT2D eigenvalue weighted by atomic mass is 17.2. The third-order valence-electron chi connectivity index (χ3n) is 3.07. The molecule has 0 N–H and O–H groups in total. The zero-order chi connectivity index (χ0) is 18.6. The molecule has 0 spiro atoms. The van der Waals surface area contributed by atoms with Crippen LogP contribution >= 0.6 is 0 Å². The van der Waals surface area contributed by atoms with Crippen LogP contribution < -0.4 is 0 Å². The number of carbonyl (C=O) groups excluding carboxylic acids is 2. The van der Waals surface area contributed by atoms with Gasteiger partial charge in [-0.05, 0) is 54.4 Å². The maximum Gasteiger partial charge on any atom is 0.342 e. The van der Waals surface area contributed by atoms with Gasteiger partial charge in [-0.15, -0.1) is 0 Å². The Bertz CT molecular complexity index is 363. The van der Waals surface area contributed by atoms with Crippen molar-refractivity contribution in [3.63, 3.8) is 0 Å². The molecule has 0 heterocycles. The fourth-order valence-corrected chi connectivity index (χ4v) is 2.03. The predicted octanol–water partition coefficient (Wildman–Crippen LogP) is 5.11. The summed E-state index contributed by atoms with van der Waals surface area (Å²) in [5.41, 5.74) is -0.856. The fraction of sp³-hybridized carbons (Fsp3) is 0.895. The first kappa shape index (κ1) is 22.9. The molecule has 0 aliphatic carbocycles. The quantitative estimate of drug-likeness (QED) is 0.225. The van der Waals surface area contributed by atoms with Crippen molar-refractivity contribution in [3.8, 4) is 0 Å². The first-order valence-electron chi connectivity index (χ1n) is 9.10. The highest BCUT2D eigenvalue weighted by Crippen LogP contribution is 2.13. The first-order valence-corrected chi connectivity index (χ1v) is 9.10. The van der Waals surface area contributed by atoms with Crippen LogP contribution in [0.3, 0.4) is 0 Å². The average molecular weight is 344 g/mol. The van der Waals surface area contributed by atoms with Crippen molar-refractivity contribution in [1.29, 1.82) is 0 Å². The second-order valence-corrected chi connectivity index (χ2v) is 8.21. The van der Waals surface area contributed by atoms with E-state index in [1.54, 1.807) is 0 Å². The van der Waals surface area contributed by atoms with Gasteiger partial charge in [0, 0.05) is 12.8 Å². The van der Waals surface area contributed by atoms with E-state index in [4.69, 9.17) is 14.5 Å². The molecule has 0 amide bonds. The number of carbonyl (C=O) groups is 2. The van der Waals surface area contributed by atoms with E-state index in [0.29, 0.717) is 12.8 Å². The van der Waals surface area contributed by atoms with Crippen LogP contribution in [0.15, 0.2) is 0 Å². The Morgan fingerprint density at radius 3 is 1.46 bits per heavy atom. The molecule has 0 radical (unpaired) electrons. The first-order chi connectivity index (χ1) is 11.0. The van der Waals surface area contributed by atoms with E-state index in [1.807, 2.05) is 41.5 Å². The van der Waals surface area contributed by atoms with Crippen molar-refractivity contribution in [2.75, 3.05) is 0 Å². The van der Waals surface area contributed by atoms with Gasteiger partial charge in [0.05, 0.1) is 0 Å². The molecule has 0 saturated carbocycles. The molecule has 142 valence electrons. The Balaban J connectivity index is 3.40. The van der Waals surface area contributed by atoms with Crippen LogP contribution in [0.4, 0.5) is 0 Å². The summed E-state index contributed by atoms with van der Waals surface area (Å²) in [6.07, 6.45) is 7.99. The van der Waals surface area contributed by atoms with Gasteiger partial charge in [-0.2, -0.15) is 4.89 Å². The molecule has 0 unspecified atom stereocenters. The number of esters is 1. The minimum atomic E-state index is -0.463. The lowest BCUT2D eigenvalue weighted by atomic mass is 10.1. The molecular weight excluding hydrogens is 308 g/mol. The highest BCUT2D eigenvalue weighted by Gasteiger charge is 2.16. The van der Waals surface area contributed by atoms with Crippen molar-refractivity contribution in [1.82, 2.24) is 0 Å². The van der Waals surface area contributed by atoms with Gasteiger partial charge in [-0.25, -0.2) is 4.79 Å². The van der Waals surface area contributed by atoms with E-state index < -0.39 is 11.2 Å². The number of unbranched alkanes of at least 4 members (excludes halogenated alkanes) is 6. The third kappa shape index (κ3) is 17.3. The normalized spacial score (nSPS) is 12.1. The summed E-state index contributed by atoms with van der Waals surface area (Å²) in [5, 5.41) is 0. The smallest absolute Gasteiger partial charge is 0.342 e.